The quantitative estimate of drug-likeness (QED) is 0.443. The molecular formula is C21H22ClN3O2S2. The number of hydrogen-bond donors (Lipinski definition) is 1. The molecule has 0 saturated carbocycles. The van der Waals surface area contributed by atoms with E-state index in [0.29, 0.717) is 22.4 Å². The van der Waals surface area contributed by atoms with Gasteiger partial charge in [-0.2, -0.15) is 0 Å². The van der Waals surface area contributed by atoms with Gasteiger partial charge in [0.15, 0.2) is 5.16 Å². The van der Waals surface area contributed by atoms with Crippen molar-refractivity contribution in [1.82, 2.24) is 14.9 Å². The summed E-state index contributed by atoms with van der Waals surface area (Å²) in [6.45, 7) is 2.66. The molecule has 0 fully saturated rings. The molecule has 5 nitrogen and oxygen atoms in total. The minimum atomic E-state index is -0.0619. The van der Waals surface area contributed by atoms with Gasteiger partial charge in [0.2, 0.25) is 5.91 Å². The van der Waals surface area contributed by atoms with Crippen molar-refractivity contribution in [3.63, 3.8) is 0 Å². The second-order valence-corrected chi connectivity index (χ2v) is 9.50. The maximum absolute atomic E-state index is 13.6. The average Bonchev–Trinajstić information content (AvgIpc) is 3.10. The van der Waals surface area contributed by atoms with E-state index in [2.05, 4.69) is 5.32 Å². The van der Waals surface area contributed by atoms with E-state index in [-0.39, 0.29) is 17.2 Å². The number of aromatic nitrogens is 2. The van der Waals surface area contributed by atoms with Crippen LogP contribution < -0.4 is 10.9 Å². The van der Waals surface area contributed by atoms with Crippen LogP contribution in [-0.2, 0) is 17.6 Å². The monoisotopic (exact) mass is 447 g/mol. The molecular weight excluding hydrogens is 426 g/mol. The molecule has 1 aliphatic rings. The van der Waals surface area contributed by atoms with E-state index >= 15 is 0 Å². The highest BCUT2D eigenvalue weighted by Crippen LogP contribution is 2.35. The fourth-order valence-electron chi connectivity index (χ4n) is 3.55. The molecule has 2 aromatic heterocycles. The number of nitrogens with zero attached hydrogens (tertiary/aromatic N) is 2. The van der Waals surface area contributed by atoms with Gasteiger partial charge < -0.3 is 5.32 Å². The fraction of sp³-hybridized carbons (Fsp3) is 0.381. The number of aryl methyl sites for hydroxylation is 2. The third-order valence-corrected chi connectivity index (χ3v) is 7.32. The van der Waals surface area contributed by atoms with Gasteiger partial charge in [-0.05, 0) is 61.9 Å². The van der Waals surface area contributed by atoms with Crippen LogP contribution in [0, 0.1) is 0 Å². The van der Waals surface area contributed by atoms with Crippen molar-refractivity contribution >= 4 is 50.8 Å². The number of benzene rings is 1. The third-order valence-electron chi connectivity index (χ3n) is 4.95. The number of thiophene rings is 1. The summed E-state index contributed by atoms with van der Waals surface area (Å²) >= 11 is 8.96. The zero-order valence-electron chi connectivity index (χ0n) is 16.2. The number of carbonyl (C=O) groups is 1. The van der Waals surface area contributed by atoms with Crippen LogP contribution in [0.3, 0.4) is 0 Å². The highest BCUT2D eigenvalue weighted by atomic mass is 35.5. The van der Waals surface area contributed by atoms with Crippen LogP contribution in [0.4, 0.5) is 0 Å². The van der Waals surface area contributed by atoms with Gasteiger partial charge in [0.25, 0.3) is 5.56 Å². The summed E-state index contributed by atoms with van der Waals surface area (Å²) in [5.74, 6) is 0.163. The number of halogens is 1. The van der Waals surface area contributed by atoms with Crippen molar-refractivity contribution in [3.05, 3.63) is 50.1 Å². The first-order valence-corrected chi connectivity index (χ1v) is 12.0. The maximum atomic E-state index is 13.6. The molecule has 1 aromatic carbocycles. The van der Waals surface area contributed by atoms with Crippen LogP contribution in [0.25, 0.3) is 15.9 Å². The molecule has 0 spiro atoms. The van der Waals surface area contributed by atoms with Crippen LogP contribution in [0.2, 0.25) is 5.02 Å². The fourth-order valence-corrected chi connectivity index (χ4v) is 5.82. The van der Waals surface area contributed by atoms with Gasteiger partial charge in [-0.25, -0.2) is 4.98 Å². The number of carbonyl (C=O) groups excluding carboxylic acids is 1. The summed E-state index contributed by atoms with van der Waals surface area (Å²) in [6, 6.07) is 7.16. The van der Waals surface area contributed by atoms with Gasteiger partial charge in [0, 0.05) is 16.4 Å². The van der Waals surface area contributed by atoms with Crippen molar-refractivity contribution in [1.29, 1.82) is 0 Å². The van der Waals surface area contributed by atoms with Crippen LogP contribution in [-0.4, -0.2) is 27.8 Å². The predicted octanol–water partition coefficient (Wildman–Crippen LogP) is 4.60. The zero-order valence-corrected chi connectivity index (χ0v) is 18.6. The Hall–Kier alpha value is -1.83. The summed E-state index contributed by atoms with van der Waals surface area (Å²) in [7, 11) is 0. The molecule has 1 amide bonds. The molecule has 8 heteroatoms. The summed E-state index contributed by atoms with van der Waals surface area (Å²) in [4.78, 5) is 32.6. The van der Waals surface area contributed by atoms with Crippen LogP contribution in [0.1, 0.15) is 36.6 Å². The predicted molar refractivity (Wildman–Crippen MR) is 121 cm³/mol. The zero-order chi connectivity index (χ0) is 20.4. The number of nitrogens with one attached hydrogen (secondary N) is 1. The summed E-state index contributed by atoms with van der Waals surface area (Å²) in [5, 5.41) is 4.75. The molecule has 0 saturated heterocycles. The number of rotatable bonds is 6. The Bertz CT molecular complexity index is 1110. The Labute approximate surface area is 182 Å². The molecule has 0 bridgehead atoms. The lowest BCUT2D eigenvalue weighted by Crippen LogP contribution is -2.27. The number of amides is 1. The summed E-state index contributed by atoms with van der Waals surface area (Å²) in [6.07, 6.45) is 5.09. The topological polar surface area (TPSA) is 64.0 Å². The molecule has 1 N–H and O–H groups in total. The smallest absolute Gasteiger partial charge is 0.267 e. The Kier molecular flexibility index (Phi) is 6.27. The highest BCUT2D eigenvalue weighted by Gasteiger charge is 2.23. The number of fused-ring (bicyclic) bond motifs is 3. The van der Waals surface area contributed by atoms with Crippen LogP contribution in [0.15, 0.2) is 34.2 Å². The van der Waals surface area contributed by atoms with Crippen molar-refractivity contribution in [3.8, 4) is 5.69 Å². The summed E-state index contributed by atoms with van der Waals surface area (Å²) < 4.78 is 1.62. The first-order valence-electron chi connectivity index (χ1n) is 9.81. The second kappa shape index (κ2) is 8.90. The van der Waals surface area contributed by atoms with E-state index < -0.39 is 0 Å². The van der Waals surface area contributed by atoms with E-state index in [1.165, 1.54) is 16.6 Å². The highest BCUT2D eigenvalue weighted by molar-refractivity contribution is 7.99. The Morgan fingerprint density at radius 3 is 2.79 bits per heavy atom. The lowest BCUT2D eigenvalue weighted by Gasteiger charge is -2.13. The lowest BCUT2D eigenvalue weighted by atomic mass is 9.97. The molecule has 0 radical (unpaired) electrons. The second-order valence-electron chi connectivity index (χ2n) is 7.04. The average molecular weight is 448 g/mol. The maximum Gasteiger partial charge on any atom is 0.267 e. The Morgan fingerprint density at radius 2 is 2.03 bits per heavy atom. The van der Waals surface area contributed by atoms with Gasteiger partial charge >= 0.3 is 0 Å². The van der Waals surface area contributed by atoms with Gasteiger partial charge in [-0.1, -0.05) is 30.3 Å². The van der Waals surface area contributed by atoms with Gasteiger partial charge in [-0.15, -0.1) is 11.3 Å². The van der Waals surface area contributed by atoms with Crippen molar-refractivity contribution in [2.75, 3.05) is 12.3 Å². The van der Waals surface area contributed by atoms with E-state index in [4.69, 9.17) is 16.6 Å². The van der Waals surface area contributed by atoms with E-state index in [9.17, 15) is 9.59 Å². The van der Waals surface area contributed by atoms with Crippen molar-refractivity contribution in [2.24, 2.45) is 0 Å². The molecule has 2 heterocycles. The molecule has 1 aliphatic carbocycles. The first kappa shape index (κ1) is 20.4. The molecule has 29 heavy (non-hydrogen) atoms. The SMILES string of the molecule is CCCNC(=O)CSc1nc2sc3c(c2c(=O)n1-c1ccc(Cl)cc1)CCCC3. The van der Waals surface area contributed by atoms with Crippen LogP contribution >= 0.6 is 34.7 Å². The lowest BCUT2D eigenvalue weighted by molar-refractivity contribution is -0.118. The van der Waals surface area contributed by atoms with Crippen LogP contribution in [0.5, 0.6) is 0 Å². The van der Waals surface area contributed by atoms with E-state index in [1.54, 1.807) is 28.0 Å². The number of thioether (sulfide) groups is 1. The largest absolute Gasteiger partial charge is 0.355 e. The van der Waals surface area contributed by atoms with E-state index in [0.717, 1.165) is 47.9 Å². The minimum absolute atomic E-state index is 0.0562. The molecule has 152 valence electrons. The number of hydrogen-bond acceptors (Lipinski definition) is 5. The van der Waals surface area contributed by atoms with Crippen molar-refractivity contribution in [2.45, 2.75) is 44.2 Å². The molecule has 0 aliphatic heterocycles. The van der Waals surface area contributed by atoms with Crippen molar-refractivity contribution < 1.29 is 4.79 Å². The summed E-state index contributed by atoms with van der Waals surface area (Å²) in [5.41, 5.74) is 1.81. The van der Waals surface area contributed by atoms with Gasteiger partial charge in [0.1, 0.15) is 4.83 Å². The molecule has 0 unspecified atom stereocenters. The minimum Gasteiger partial charge on any atom is -0.355 e. The molecule has 4 rings (SSSR count). The third kappa shape index (κ3) is 4.22. The standard InChI is InChI=1S/C21H22ClN3O2S2/c1-2-11-23-17(26)12-28-21-24-19-18(15-5-3-4-6-16(15)29-19)20(27)25(21)14-9-7-13(22)8-10-14/h7-10H,2-6,11-12H2,1H3,(H,23,26). The first-order chi connectivity index (χ1) is 14.1. The Morgan fingerprint density at radius 1 is 1.28 bits per heavy atom. The van der Waals surface area contributed by atoms with Gasteiger partial charge in [0.05, 0.1) is 16.8 Å². The van der Waals surface area contributed by atoms with E-state index in [1.807, 2.05) is 19.1 Å². The molecule has 0 atom stereocenters. The normalized spacial score (nSPS) is 13.4. The molecule has 3 aromatic rings. The van der Waals surface area contributed by atoms with Gasteiger partial charge in [-0.3, -0.25) is 14.2 Å². The Balaban J connectivity index is 1.81.